The molecule has 0 N–H and O–H groups in total. The summed E-state index contributed by atoms with van der Waals surface area (Å²) in [5.74, 6) is 3.34. The summed E-state index contributed by atoms with van der Waals surface area (Å²) in [4.78, 5) is 34.9. The average Bonchev–Trinajstić information content (AvgIpc) is 3.52. The SMILES string of the molecule is CCCCCn1c(-c2ccc(N3CCCC3=O)cc2)cn2c(=O)cc(N3CC[C@@H]4CCCC[C@@H]4C3)nc12. The Balaban J connectivity index is 1.36. The lowest BCUT2D eigenvalue weighted by atomic mass is 9.75. The highest BCUT2D eigenvalue weighted by Crippen LogP contribution is 2.37. The van der Waals surface area contributed by atoms with Crippen molar-refractivity contribution in [3.05, 3.63) is 46.9 Å². The van der Waals surface area contributed by atoms with Crippen LogP contribution in [0.2, 0.25) is 0 Å². The minimum Gasteiger partial charge on any atom is -0.356 e. The molecule has 1 aromatic carbocycles. The summed E-state index contributed by atoms with van der Waals surface area (Å²) in [6.45, 7) is 5.84. The Morgan fingerprint density at radius 2 is 1.76 bits per heavy atom. The Kier molecular flexibility index (Phi) is 6.78. The Labute approximate surface area is 219 Å². The van der Waals surface area contributed by atoms with E-state index >= 15 is 0 Å². The molecule has 0 radical (unpaired) electrons. The number of hydrogen-bond donors (Lipinski definition) is 0. The third-order valence-corrected chi connectivity index (χ3v) is 8.85. The maximum Gasteiger partial charge on any atom is 0.261 e. The van der Waals surface area contributed by atoms with Crippen LogP contribution in [0.5, 0.6) is 0 Å². The lowest BCUT2D eigenvalue weighted by Gasteiger charge is -2.41. The maximum absolute atomic E-state index is 13.4. The van der Waals surface area contributed by atoms with E-state index in [1.54, 1.807) is 10.5 Å². The number of unbranched alkanes of at least 4 members (excludes halogenated alkanes) is 2. The number of carbonyl (C=O) groups excluding carboxylic acids is 1. The van der Waals surface area contributed by atoms with Gasteiger partial charge >= 0.3 is 0 Å². The molecule has 3 aliphatic rings. The monoisotopic (exact) mass is 501 g/mol. The van der Waals surface area contributed by atoms with Gasteiger partial charge in [-0.05, 0) is 55.2 Å². The number of imidazole rings is 1. The van der Waals surface area contributed by atoms with Crippen molar-refractivity contribution in [2.24, 2.45) is 11.8 Å². The first kappa shape index (κ1) is 24.3. The van der Waals surface area contributed by atoms with Crippen LogP contribution in [0.4, 0.5) is 11.5 Å². The van der Waals surface area contributed by atoms with Gasteiger partial charge in [0.1, 0.15) is 5.82 Å². The van der Waals surface area contributed by atoms with E-state index in [2.05, 4.69) is 28.5 Å². The molecule has 3 fully saturated rings. The van der Waals surface area contributed by atoms with Gasteiger partial charge in [0.2, 0.25) is 11.7 Å². The molecule has 1 amide bonds. The first-order valence-electron chi connectivity index (χ1n) is 14.4. The Hall–Kier alpha value is -3.09. The van der Waals surface area contributed by atoms with E-state index in [1.165, 1.54) is 32.1 Å². The fourth-order valence-corrected chi connectivity index (χ4v) is 6.75. The molecule has 3 aromatic rings. The van der Waals surface area contributed by atoms with Gasteiger partial charge in [0.15, 0.2) is 0 Å². The second-order valence-corrected chi connectivity index (χ2v) is 11.2. The van der Waals surface area contributed by atoms with Crippen molar-refractivity contribution in [1.82, 2.24) is 14.0 Å². The third kappa shape index (κ3) is 4.69. The van der Waals surface area contributed by atoms with Gasteiger partial charge in [-0.3, -0.25) is 14.0 Å². The second kappa shape index (κ2) is 10.3. The van der Waals surface area contributed by atoms with E-state index in [9.17, 15) is 9.59 Å². The number of piperidine rings is 1. The zero-order chi connectivity index (χ0) is 25.4. The molecule has 2 atom stereocenters. The molecular weight excluding hydrogens is 462 g/mol. The highest BCUT2D eigenvalue weighted by atomic mass is 16.2. The summed E-state index contributed by atoms with van der Waals surface area (Å²) in [5, 5.41) is 0. The summed E-state index contributed by atoms with van der Waals surface area (Å²) in [7, 11) is 0. The number of anilines is 2. The van der Waals surface area contributed by atoms with Crippen LogP contribution in [0, 0.1) is 11.8 Å². The summed E-state index contributed by atoms with van der Waals surface area (Å²) >= 11 is 0. The van der Waals surface area contributed by atoms with Gasteiger partial charge in [-0.25, -0.2) is 0 Å². The molecular formula is C30H39N5O2. The number of fused-ring (bicyclic) bond motifs is 2. The molecule has 0 unspecified atom stereocenters. The Bertz CT molecular complexity index is 1320. The van der Waals surface area contributed by atoms with Gasteiger partial charge in [0.25, 0.3) is 5.56 Å². The lowest BCUT2D eigenvalue weighted by Crippen LogP contribution is -2.42. The van der Waals surface area contributed by atoms with E-state index in [-0.39, 0.29) is 11.5 Å². The van der Waals surface area contributed by atoms with Gasteiger partial charge in [0, 0.05) is 50.6 Å². The molecule has 1 aliphatic carbocycles. The van der Waals surface area contributed by atoms with Crippen molar-refractivity contribution in [1.29, 1.82) is 0 Å². The number of carbonyl (C=O) groups is 1. The van der Waals surface area contributed by atoms with Crippen LogP contribution in [0.25, 0.3) is 17.0 Å². The van der Waals surface area contributed by atoms with E-state index < -0.39 is 0 Å². The average molecular weight is 502 g/mol. The van der Waals surface area contributed by atoms with Crippen molar-refractivity contribution in [3.8, 4) is 11.3 Å². The molecule has 0 spiro atoms. The van der Waals surface area contributed by atoms with Crippen molar-refractivity contribution >= 4 is 23.2 Å². The summed E-state index contributed by atoms with van der Waals surface area (Å²) in [6, 6.07) is 9.94. The smallest absolute Gasteiger partial charge is 0.261 e. The van der Waals surface area contributed by atoms with Gasteiger partial charge < -0.3 is 14.4 Å². The molecule has 6 rings (SSSR count). The Morgan fingerprint density at radius 3 is 2.51 bits per heavy atom. The van der Waals surface area contributed by atoms with E-state index in [4.69, 9.17) is 4.98 Å². The van der Waals surface area contributed by atoms with Crippen molar-refractivity contribution < 1.29 is 4.79 Å². The van der Waals surface area contributed by atoms with Crippen LogP contribution in [0.1, 0.15) is 71.1 Å². The number of amides is 1. The van der Waals surface area contributed by atoms with E-state index in [0.717, 1.165) is 92.2 Å². The number of nitrogens with zero attached hydrogens (tertiary/aromatic N) is 5. The summed E-state index contributed by atoms with van der Waals surface area (Å²) in [6.07, 6.45) is 13.4. The number of aromatic nitrogens is 3. The third-order valence-electron chi connectivity index (χ3n) is 8.85. The quantitative estimate of drug-likeness (QED) is 0.401. The number of hydrogen-bond acceptors (Lipinski definition) is 4. The highest BCUT2D eigenvalue weighted by molar-refractivity contribution is 5.95. The second-order valence-electron chi connectivity index (χ2n) is 11.2. The molecule has 2 aromatic heterocycles. The van der Waals surface area contributed by atoms with Gasteiger partial charge in [-0.15, -0.1) is 0 Å². The van der Waals surface area contributed by atoms with Crippen molar-refractivity contribution in [2.45, 2.75) is 77.7 Å². The topological polar surface area (TPSA) is 62.9 Å². The van der Waals surface area contributed by atoms with Gasteiger partial charge in [-0.1, -0.05) is 51.2 Å². The number of aryl methyl sites for hydroxylation is 1. The van der Waals surface area contributed by atoms with E-state index in [1.807, 2.05) is 23.2 Å². The zero-order valence-corrected chi connectivity index (χ0v) is 22.1. The first-order chi connectivity index (χ1) is 18.1. The standard InChI is InChI=1S/C30H39N5O2/c1-2-3-6-16-34-26(23-11-13-25(14-12-23)33-17-7-10-28(33)36)21-35-29(37)19-27(31-30(34)35)32-18-15-22-8-4-5-9-24(22)20-32/h11-14,19,21-22,24H,2-10,15-18,20H2,1H3/t22-,24+/m0/s1. The van der Waals surface area contributed by atoms with E-state index in [0.29, 0.717) is 6.42 Å². The molecule has 4 heterocycles. The normalized spacial score (nSPS) is 22.1. The van der Waals surface area contributed by atoms with Crippen LogP contribution in [0.3, 0.4) is 0 Å². The molecule has 7 nitrogen and oxygen atoms in total. The van der Waals surface area contributed by atoms with Crippen LogP contribution in [0.15, 0.2) is 41.3 Å². The molecule has 37 heavy (non-hydrogen) atoms. The number of rotatable bonds is 7. The van der Waals surface area contributed by atoms with Gasteiger partial charge in [0.05, 0.1) is 5.69 Å². The maximum atomic E-state index is 13.4. The molecule has 1 saturated carbocycles. The molecule has 2 aliphatic heterocycles. The van der Waals surface area contributed by atoms with Crippen LogP contribution in [-0.2, 0) is 11.3 Å². The van der Waals surface area contributed by atoms with Crippen LogP contribution < -0.4 is 15.4 Å². The fraction of sp³-hybridized carbons (Fsp3) is 0.567. The summed E-state index contributed by atoms with van der Waals surface area (Å²) in [5.41, 5.74) is 2.98. The minimum absolute atomic E-state index is 0.0134. The van der Waals surface area contributed by atoms with Crippen LogP contribution >= 0.6 is 0 Å². The fourth-order valence-electron chi connectivity index (χ4n) is 6.75. The lowest BCUT2D eigenvalue weighted by molar-refractivity contribution is -0.117. The summed E-state index contributed by atoms with van der Waals surface area (Å²) < 4.78 is 3.94. The molecule has 196 valence electrons. The zero-order valence-electron chi connectivity index (χ0n) is 22.1. The van der Waals surface area contributed by atoms with Gasteiger partial charge in [-0.2, -0.15) is 4.98 Å². The Morgan fingerprint density at radius 1 is 0.946 bits per heavy atom. The molecule has 2 saturated heterocycles. The predicted octanol–water partition coefficient (Wildman–Crippen LogP) is 5.50. The number of benzene rings is 1. The van der Waals surface area contributed by atoms with Crippen molar-refractivity contribution in [2.75, 3.05) is 29.4 Å². The van der Waals surface area contributed by atoms with Crippen LogP contribution in [-0.4, -0.2) is 39.5 Å². The first-order valence-corrected chi connectivity index (χ1v) is 14.4. The minimum atomic E-state index is -0.0134. The molecule has 7 heteroatoms. The predicted molar refractivity (Wildman–Crippen MR) is 148 cm³/mol. The van der Waals surface area contributed by atoms with Crippen molar-refractivity contribution in [3.63, 3.8) is 0 Å². The largest absolute Gasteiger partial charge is 0.356 e. The highest BCUT2D eigenvalue weighted by Gasteiger charge is 2.32. The molecule has 0 bridgehead atoms.